The number of fused-ring (bicyclic) bond motifs is 2. The molecule has 2 N–H and O–H groups in total. The largest absolute Gasteiger partial charge is 0.457 e. The standard InChI is InChI=1S/C26H27NO5S/c1-15(2)17-13-14-20(23(16(3)4)26(17)32-33(27,29)30)25(28)24-18-9-5-7-11-21(18)31-22-12-8-6-10-19(22)24/h5-16,24H,1-4H3,(H2,27,29,30). The molecule has 1 aliphatic heterocycles. The fourth-order valence-corrected chi connectivity index (χ4v) is 4.83. The van der Waals surface area contributed by atoms with Crippen LogP contribution in [0.4, 0.5) is 0 Å². The van der Waals surface area contributed by atoms with E-state index in [4.69, 9.17) is 14.1 Å². The summed E-state index contributed by atoms with van der Waals surface area (Å²) in [4.78, 5) is 14.2. The molecule has 0 saturated heterocycles. The number of Topliss-reactive ketones (excluding diaryl/α,β-unsaturated/α-hetero) is 1. The second kappa shape index (κ2) is 8.65. The molecule has 4 rings (SSSR count). The molecule has 0 atom stereocenters. The van der Waals surface area contributed by atoms with E-state index in [0.717, 1.165) is 11.1 Å². The highest BCUT2D eigenvalue weighted by Gasteiger charge is 2.35. The first-order chi connectivity index (χ1) is 15.6. The topological polar surface area (TPSA) is 95.7 Å². The van der Waals surface area contributed by atoms with E-state index in [1.165, 1.54) is 0 Å². The van der Waals surface area contributed by atoms with Gasteiger partial charge in [-0.05, 0) is 29.5 Å². The number of nitrogens with two attached hydrogens (primary N) is 1. The zero-order valence-electron chi connectivity index (χ0n) is 19.0. The molecule has 0 spiro atoms. The molecule has 3 aromatic carbocycles. The van der Waals surface area contributed by atoms with E-state index in [1.54, 1.807) is 12.1 Å². The number of hydrogen-bond donors (Lipinski definition) is 1. The number of benzene rings is 3. The van der Waals surface area contributed by atoms with Gasteiger partial charge in [0.2, 0.25) is 0 Å². The van der Waals surface area contributed by atoms with Crippen LogP contribution in [0.3, 0.4) is 0 Å². The molecule has 3 aromatic rings. The summed E-state index contributed by atoms with van der Waals surface area (Å²) in [6, 6.07) is 18.4. The maximum atomic E-state index is 14.2. The normalized spacial score (nSPS) is 13.4. The summed E-state index contributed by atoms with van der Waals surface area (Å²) in [6.45, 7) is 7.67. The van der Waals surface area contributed by atoms with Crippen LogP contribution >= 0.6 is 0 Å². The van der Waals surface area contributed by atoms with Gasteiger partial charge in [-0.3, -0.25) is 4.79 Å². The van der Waals surface area contributed by atoms with Crippen molar-refractivity contribution in [2.24, 2.45) is 5.14 Å². The molecular formula is C26H27NO5S. The highest BCUT2D eigenvalue weighted by Crippen LogP contribution is 2.47. The van der Waals surface area contributed by atoms with Gasteiger partial charge in [-0.25, -0.2) is 0 Å². The van der Waals surface area contributed by atoms with E-state index in [1.807, 2.05) is 76.2 Å². The zero-order valence-corrected chi connectivity index (χ0v) is 19.8. The number of para-hydroxylation sites is 2. The van der Waals surface area contributed by atoms with Gasteiger partial charge >= 0.3 is 10.3 Å². The summed E-state index contributed by atoms with van der Waals surface area (Å²) in [5.41, 5.74) is 3.14. The van der Waals surface area contributed by atoms with Gasteiger partial charge in [0.15, 0.2) is 11.5 Å². The van der Waals surface area contributed by atoms with Crippen molar-refractivity contribution in [3.8, 4) is 17.2 Å². The molecule has 0 amide bonds. The minimum Gasteiger partial charge on any atom is -0.457 e. The van der Waals surface area contributed by atoms with Crippen LogP contribution in [0.15, 0.2) is 60.7 Å². The average molecular weight is 466 g/mol. The van der Waals surface area contributed by atoms with Crippen LogP contribution in [0.5, 0.6) is 17.2 Å². The Kier molecular flexibility index (Phi) is 6.03. The molecule has 172 valence electrons. The lowest BCUT2D eigenvalue weighted by Crippen LogP contribution is -2.24. The van der Waals surface area contributed by atoms with Gasteiger partial charge in [-0.2, -0.15) is 13.6 Å². The van der Waals surface area contributed by atoms with Crippen LogP contribution in [0.25, 0.3) is 0 Å². The predicted molar refractivity (Wildman–Crippen MR) is 127 cm³/mol. The van der Waals surface area contributed by atoms with Crippen molar-refractivity contribution in [3.63, 3.8) is 0 Å². The van der Waals surface area contributed by atoms with Crippen molar-refractivity contribution in [3.05, 3.63) is 88.5 Å². The fourth-order valence-electron chi connectivity index (χ4n) is 4.42. The Labute approximate surface area is 194 Å². The Balaban J connectivity index is 1.96. The molecular weight excluding hydrogens is 438 g/mol. The minimum atomic E-state index is -4.29. The number of ketones is 1. The molecule has 1 heterocycles. The molecule has 7 heteroatoms. The van der Waals surface area contributed by atoms with Gasteiger partial charge in [0.25, 0.3) is 0 Å². The number of rotatable bonds is 6. The van der Waals surface area contributed by atoms with Crippen molar-refractivity contribution >= 4 is 16.1 Å². The van der Waals surface area contributed by atoms with Crippen molar-refractivity contribution in [1.82, 2.24) is 0 Å². The summed E-state index contributed by atoms with van der Waals surface area (Å²) in [5, 5.41) is 5.25. The Morgan fingerprint density at radius 2 is 1.42 bits per heavy atom. The van der Waals surface area contributed by atoms with Crippen LogP contribution in [0.1, 0.15) is 78.1 Å². The Morgan fingerprint density at radius 3 is 1.91 bits per heavy atom. The van der Waals surface area contributed by atoms with E-state index in [9.17, 15) is 13.2 Å². The first kappa shape index (κ1) is 23.0. The van der Waals surface area contributed by atoms with E-state index >= 15 is 0 Å². The molecule has 1 aliphatic rings. The van der Waals surface area contributed by atoms with Crippen LogP contribution in [0.2, 0.25) is 0 Å². The molecule has 6 nitrogen and oxygen atoms in total. The van der Waals surface area contributed by atoms with E-state index < -0.39 is 16.2 Å². The molecule has 0 aromatic heterocycles. The van der Waals surface area contributed by atoms with Gasteiger partial charge in [0.05, 0.1) is 5.92 Å². The van der Waals surface area contributed by atoms with Crippen molar-refractivity contribution < 1.29 is 22.1 Å². The van der Waals surface area contributed by atoms with Gasteiger partial charge < -0.3 is 8.92 Å². The summed E-state index contributed by atoms with van der Waals surface area (Å²) < 4.78 is 35.1. The quantitative estimate of drug-likeness (QED) is 0.476. The second-order valence-corrected chi connectivity index (χ2v) is 9.96. The SMILES string of the molecule is CC(C)c1ccc(C(=O)C2c3ccccc3Oc3ccccc32)c(C(C)C)c1OS(N)(=O)=O. The monoisotopic (exact) mass is 465 g/mol. The number of hydrogen-bond acceptors (Lipinski definition) is 5. The van der Waals surface area contributed by atoms with Crippen LogP contribution in [-0.2, 0) is 10.3 Å². The van der Waals surface area contributed by atoms with Crippen molar-refractivity contribution in [2.45, 2.75) is 45.4 Å². The summed E-state index contributed by atoms with van der Waals surface area (Å²) in [6.07, 6.45) is 0. The Hall–Kier alpha value is -3.16. The molecule has 0 unspecified atom stereocenters. The van der Waals surface area contributed by atoms with Crippen molar-refractivity contribution in [1.29, 1.82) is 0 Å². The van der Waals surface area contributed by atoms with E-state index in [-0.39, 0.29) is 23.4 Å². The maximum Gasteiger partial charge on any atom is 0.380 e. The first-order valence-corrected chi connectivity index (χ1v) is 12.3. The lowest BCUT2D eigenvalue weighted by Gasteiger charge is -2.29. The Bertz CT molecular complexity index is 1280. The highest BCUT2D eigenvalue weighted by atomic mass is 32.2. The Morgan fingerprint density at radius 1 is 0.879 bits per heavy atom. The van der Waals surface area contributed by atoms with E-state index in [2.05, 4.69) is 0 Å². The summed E-state index contributed by atoms with van der Waals surface area (Å²) in [5.74, 6) is 0.410. The van der Waals surface area contributed by atoms with Crippen molar-refractivity contribution in [2.75, 3.05) is 0 Å². The van der Waals surface area contributed by atoms with Gasteiger partial charge in [0.1, 0.15) is 11.5 Å². The molecule has 33 heavy (non-hydrogen) atoms. The van der Waals surface area contributed by atoms with Crippen LogP contribution < -0.4 is 14.1 Å². The number of carbonyl (C=O) groups is 1. The lowest BCUT2D eigenvalue weighted by molar-refractivity contribution is 0.0968. The van der Waals surface area contributed by atoms with Gasteiger partial charge in [-0.1, -0.05) is 76.2 Å². The fraction of sp³-hybridized carbons (Fsp3) is 0.269. The lowest BCUT2D eigenvalue weighted by atomic mass is 9.79. The van der Waals surface area contributed by atoms with Gasteiger partial charge in [0, 0.05) is 22.3 Å². The average Bonchev–Trinajstić information content (AvgIpc) is 2.75. The summed E-state index contributed by atoms with van der Waals surface area (Å²) >= 11 is 0. The smallest absolute Gasteiger partial charge is 0.380 e. The summed E-state index contributed by atoms with van der Waals surface area (Å²) in [7, 11) is -4.29. The van der Waals surface area contributed by atoms with Crippen LogP contribution in [-0.4, -0.2) is 14.2 Å². The number of carbonyl (C=O) groups excluding carboxylic acids is 1. The molecule has 0 bridgehead atoms. The third kappa shape index (κ3) is 4.38. The third-order valence-corrected chi connectivity index (χ3v) is 6.23. The van der Waals surface area contributed by atoms with Crippen LogP contribution in [0, 0.1) is 0 Å². The van der Waals surface area contributed by atoms with E-state index in [0.29, 0.717) is 28.2 Å². The maximum absolute atomic E-state index is 14.2. The highest BCUT2D eigenvalue weighted by molar-refractivity contribution is 7.84. The molecule has 0 fully saturated rings. The first-order valence-electron chi connectivity index (χ1n) is 10.9. The molecule has 0 radical (unpaired) electrons. The number of ether oxygens (including phenoxy) is 1. The predicted octanol–water partition coefficient (Wildman–Crippen LogP) is 5.64. The third-order valence-electron chi connectivity index (χ3n) is 5.83. The molecule has 0 aliphatic carbocycles. The minimum absolute atomic E-state index is 0.0343. The zero-order chi connectivity index (χ0) is 23.9. The van der Waals surface area contributed by atoms with Gasteiger partial charge in [-0.15, -0.1) is 0 Å². The molecule has 0 saturated carbocycles. The second-order valence-electron chi connectivity index (χ2n) is 8.81.